The van der Waals surface area contributed by atoms with E-state index in [0.29, 0.717) is 18.8 Å². The Balaban J connectivity index is 1.94. The Labute approximate surface area is 137 Å². The molecular formula is C16H28N4O3. The normalized spacial score (nSPS) is 27.9. The van der Waals surface area contributed by atoms with Crippen LogP contribution in [0.3, 0.4) is 0 Å². The van der Waals surface area contributed by atoms with Crippen molar-refractivity contribution in [1.82, 2.24) is 20.4 Å². The maximum atomic E-state index is 12.7. The number of rotatable bonds is 5. The molecule has 0 aromatic carbocycles. The fraction of sp³-hybridized carbons (Fsp3) is 0.812. The molecule has 0 bridgehead atoms. The molecule has 0 unspecified atom stereocenters. The molecule has 2 aliphatic rings. The molecule has 1 aliphatic carbocycles. The van der Waals surface area contributed by atoms with Gasteiger partial charge in [0.1, 0.15) is 5.54 Å². The number of amides is 4. The number of hydrogen-bond acceptors (Lipinski definition) is 4. The molecule has 1 saturated heterocycles. The third-order valence-corrected chi connectivity index (χ3v) is 4.62. The van der Waals surface area contributed by atoms with Crippen molar-refractivity contribution >= 4 is 17.8 Å². The van der Waals surface area contributed by atoms with Gasteiger partial charge in [-0.2, -0.15) is 0 Å². The van der Waals surface area contributed by atoms with E-state index in [1.807, 2.05) is 13.8 Å². The maximum Gasteiger partial charge on any atom is 0.326 e. The van der Waals surface area contributed by atoms with Crippen LogP contribution in [-0.2, 0) is 9.59 Å². The Morgan fingerprint density at radius 2 is 2.00 bits per heavy atom. The van der Waals surface area contributed by atoms with Crippen molar-refractivity contribution in [3.8, 4) is 0 Å². The number of urea groups is 1. The number of carbonyl (C=O) groups is 3. The lowest BCUT2D eigenvalue weighted by Crippen LogP contribution is -2.50. The summed E-state index contributed by atoms with van der Waals surface area (Å²) in [4.78, 5) is 39.6. The molecule has 0 atom stereocenters. The Kier molecular flexibility index (Phi) is 5.29. The van der Waals surface area contributed by atoms with E-state index in [1.54, 1.807) is 11.9 Å². The Morgan fingerprint density at radius 3 is 2.57 bits per heavy atom. The molecule has 1 spiro atoms. The summed E-state index contributed by atoms with van der Waals surface area (Å²) >= 11 is 0. The van der Waals surface area contributed by atoms with Crippen LogP contribution in [0.15, 0.2) is 0 Å². The number of likely N-dealkylation sites (N-methyl/N-ethyl adjacent to an activating group) is 1. The van der Waals surface area contributed by atoms with Crippen LogP contribution in [0.1, 0.15) is 46.5 Å². The van der Waals surface area contributed by atoms with Crippen molar-refractivity contribution in [3.05, 3.63) is 0 Å². The molecule has 23 heavy (non-hydrogen) atoms. The summed E-state index contributed by atoms with van der Waals surface area (Å²) in [6.07, 6.45) is 3.30. The Morgan fingerprint density at radius 1 is 1.39 bits per heavy atom. The van der Waals surface area contributed by atoms with Crippen LogP contribution < -0.4 is 10.6 Å². The largest absolute Gasteiger partial charge is 0.353 e. The predicted molar refractivity (Wildman–Crippen MR) is 86.5 cm³/mol. The van der Waals surface area contributed by atoms with Crippen LogP contribution in [0.4, 0.5) is 4.79 Å². The molecule has 7 heteroatoms. The van der Waals surface area contributed by atoms with Crippen molar-refractivity contribution in [2.75, 3.05) is 20.3 Å². The number of hydrogen-bond donors (Lipinski definition) is 2. The minimum absolute atomic E-state index is 0.0696. The van der Waals surface area contributed by atoms with Gasteiger partial charge in [-0.15, -0.1) is 0 Å². The maximum absolute atomic E-state index is 12.7. The molecule has 4 amide bonds. The topological polar surface area (TPSA) is 81.8 Å². The van der Waals surface area contributed by atoms with E-state index in [2.05, 4.69) is 17.6 Å². The highest BCUT2D eigenvalue weighted by atomic mass is 16.2. The molecule has 1 aliphatic heterocycles. The molecule has 2 fully saturated rings. The van der Waals surface area contributed by atoms with Crippen LogP contribution in [0.5, 0.6) is 0 Å². The zero-order valence-corrected chi connectivity index (χ0v) is 14.5. The van der Waals surface area contributed by atoms with Crippen LogP contribution >= 0.6 is 0 Å². The van der Waals surface area contributed by atoms with Crippen molar-refractivity contribution in [3.63, 3.8) is 0 Å². The van der Waals surface area contributed by atoms with Crippen molar-refractivity contribution < 1.29 is 14.4 Å². The second-order valence-electron chi connectivity index (χ2n) is 7.31. The van der Waals surface area contributed by atoms with Gasteiger partial charge in [0, 0.05) is 6.04 Å². The minimum atomic E-state index is -0.718. The first-order chi connectivity index (χ1) is 10.7. The van der Waals surface area contributed by atoms with Crippen molar-refractivity contribution in [2.45, 2.75) is 58.0 Å². The first-order valence-corrected chi connectivity index (χ1v) is 8.35. The summed E-state index contributed by atoms with van der Waals surface area (Å²) in [6.45, 7) is 6.24. The van der Waals surface area contributed by atoms with E-state index in [4.69, 9.17) is 0 Å². The van der Waals surface area contributed by atoms with Crippen LogP contribution in [0.25, 0.3) is 0 Å². The van der Waals surface area contributed by atoms with Gasteiger partial charge >= 0.3 is 6.03 Å². The lowest BCUT2D eigenvalue weighted by atomic mass is 9.77. The highest BCUT2D eigenvalue weighted by molar-refractivity contribution is 6.07. The summed E-state index contributed by atoms with van der Waals surface area (Å²) in [7, 11) is 1.73. The van der Waals surface area contributed by atoms with Crippen molar-refractivity contribution in [1.29, 1.82) is 0 Å². The average Bonchev–Trinajstić information content (AvgIpc) is 2.66. The molecule has 0 aromatic rings. The van der Waals surface area contributed by atoms with Gasteiger partial charge in [0.25, 0.3) is 5.91 Å². The number of carbonyl (C=O) groups excluding carboxylic acids is 3. The molecule has 130 valence electrons. The third kappa shape index (κ3) is 4.02. The smallest absolute Gasteiger partial charge is 0.326 e. The molecular weight excluding hydrogens is 296 g/mol. The van der Waals surface area contributed by atoms with Gasteiger partial charge in [-0.05, 0) is 52.5 Å². The lowest BCUT2D eigenvalue weighted by Gasteiger charge is -2.33. The van der Waals surface area contributed by atoms with Gasteiger partial charge in [0.15, 0.2) is 0 Å². The van der Waals surface area contributed by atoms with Crippen LogP contribution in [0, 0.1) is 5.92 Å². The van der Waals surface area contributed by atoms with E-state index in [1.165, 1.54) is 4.90 Å². The zero-order chi connectivity index (χ0) is 17.2. The molecule has 1 heterocycles. The lowest BCUT2D eigenvalue weighted by molar-refractivity contribution is -0.135. The molecule has 7 nitrogen and oxygen atoms in total. The van der Waals surface area contributed by atoms with E-state index in [-0.39, 0.29) is 37.1 Å². The average molecular weight is 324 g/mol. The van der Waals surface area contributed by atoms with Gasteiger partial charge in [-0.3, -0.25) is 14.5 Å². The monoisotopic (exact) mass is 324 g/mol. The van der Waals surface area contributed by atoms with Crippen molar-refractivity contribution in [2.24, 2.45) is 5.92 Å². The minimum Gasteiger partial charge on any atom is -0.353 e. The quantitative estimate of drug-likeness (QED) is 0.736. The fourth-order valence-corrected chi connectivity index (χ4v) is 3.30. The summed E-state index contributed by atoms with van der Waals surface area (Å²) in [6, 6.07) is -0.277. The summed E-state index contributed by atoms with van der Waals surface area (Å²) in [5.41, 5.74) is -0.718. The standard InChI is InChI=1S/C16H28N4O3/c1-11(2)17-13(21)9-19(4)10-20-14(22)16(18-15(20)23)7-5-12(3)6-8-16/h11-12H,5-10H2,1-4H3,(H,17,21)(H,18,23). The first kappa shape index (κ1) is 17.7. The van der Waals surface area contributed by atoms with Crippen LogP contribution in [-0.4, -0.2) is 59.5 Å². The van der Waals surface area contributed by atoms with Gasteiger partial charge in [0.05, 0.1) is 13.2 Å². The van der Waals surface area contributed by atoms with Gasteiger partial charge in [-0.1, -0.05) is 6.92 Å². The van der Waals surface area contributed by atoms with Gasteiger partial charge in [-0.25, -0.2) is 9.69 Å². The summed E-state index contributed by atoms with van der Waals surface area (Å²) < 4.78 is 0. The first-order valence-electron chi connectivity index (χ1n) is 8.35. The number of nitrogens with one attached hydrogen (secondary N) is 2. The third-order valence-electron chi connectivity index (χ3n) is 4.62. The number of nitrogens with zero attached hydrogens (tertiary/aromatic N) is 2. The van der Waals surface area contributed by atoms with Crippen LogP contribution in [0.2, 0.25) is 0 Å². The highest BCUT2D eigenvalue weighted by Crippen LogP contribution is 2.36. The van der Waals surface area contributed by atoms with Gasteiger partial charge < -0.3 is 10.6 Å². The molecule has 0 aromatic heterocycles. The number of imide groups is 1. The Hall–Kier alpha value is -1.63. The second-order valence-corrected chi connectivity index (χ2v) is 7.31. The van der Waals surface area contributed by atoms with E-state index in [0.717, 1.165) is 12.8 Å². The van der Waals surface area contributed by atoms with E-state index >= 15 is 0 Å². The summed E-state index contributed by atoms with van der Waals surface area (Å²) in [5.74, 6) is 0.336. The zero-order valence-electron chi connectivity index (χ0n) is 14.5. The predicted octanol–water partition coefficient (Wildman–Crippen LogP) is 0.901. The Bertz CT molecular complexity index is 484. The van der Waals surface area contributed by atoms with E-state index in [9.17, 15) is 14.4 Å². The SMILES string of the molecule is CC1CCC2(CC1)NC(=O)N(CN(C)CC(=O)NC(C)C)C2=O. The molecule has 1 saturated carbocycles. The highest BCUT2D eigenvalue weighted by Gasteiger charge is 2.52. The molecule has 2 rings (SSSR count). The molecule has 2 N–H and O–H groups in total. The summed E-state index contributed by atoms with van der Waals surface area (Å²) in [5, 5.41) is 5.69. The van der Waals surface area contributed by atoms with E-state index < -0.39 is 5.54 Å². The second kappa shape index (κ2) is 6.86. The fourth-order valence-electron chi connectivity index (χ4n) is 3.30. The molecule has 0 radical (unpaired) electrons. The van der Waals surface area contributed by atoms with Gasteiger partial charge in [0.2, 0.25) is 5.91 Å².